The quantitative estimate of drug-likeness (QED) is 0.742. The molecule has 7 heteroatoms. The van der Waals surface area contributed by atoms with E-state index in [1.54, 1.807) is 6.20 Å². The molecule has 0 aliphatic heterocycles. The smallest absolute Gasteiger partial charge is 0.309 e. The van der Waals surface area contributed by atoms with Crippen molar-refractivity contribution in [2.75, 3.05) is 5.32 Å². The summed E-state index contributed by atoms with van der Waals surface area (Å²) in [6, 6.07) is 5.97. The topological polar surface area (TPSA) is 84.2 Å². The summed E-state index contributed by atoms with van der Waals surface area (Å²) < 4.78 is 1.51. The molecule has 0 spiro atoms. The molecule has 1 aromatic heterocycles. The van der Waals surface area contributed by atoms with E-state index < -0.39 is 16.9 Å². The first-order valence-corrected chi connectivity index (χ1v) is 11.0. The molecular weight excluding hydrogens is 402 g/mol. The van der Waals surface area contributed by atoms with Crippen LogP contribution in [0.15, 0.2) is 29.2 Å². The molecule has 6 nitrogen and oxygen atoms in total. The van der Waals surface area contributed by atoms with Gasteiger partial charge in [-0.2, -0.15) is 5.10 Å². The highest BCUT2D eigenvalue weighted by Gasteiger charge is 2.62. The SMILES string of the molecule is Cc1ccc(Nc2cnn(C34C[C@H]5C[C@@H](CC(C(=O)O)(C5)C3)C4)c(=O)c2Cl)cc1C. The lowest BCUT2D eigenvalue weighted by Gasteiger charge is -2.60. The van der Waals surface area contributed by atoms with E-state index in [1.807, 2.05) is 32.0 Å². The van der Waals surface area contributed by atoms with Crippen molar-refractivity contribution < 1.29 is 9.90 Å². The minimum Gasteiger partial charge on any atom is -0.481 e. The van der Waals surface area contributed by atoms with Gasteiger partial charge in [-0.15, -0.1) is 0 Å². The van der Waals surface area contributed by atoms with E-state index in [0.29, 0.717) is 23.9 Å². The predicted octanol–water partition coefficient (Wildman–Crippen LogP) is 4.64. The number of aliphatic carboxylic acids is 1. The third-order valence-corrected chi connectivity index (χ3v) is 8.00. The van der Waals surface area contributed by atoms with Crippen molar-refractivity contribution >= 4 is 28.9 Å². The Balaban J connectivity index is 1.52. The molecule has 2 atom stereocenters. The first-order chi connectivity index (χ1) is 14.2. The number of aromatic nitrogens is 2. The number of anilines is 2. The number of hydrogen-bond acceptors (Lipinski definition) is 4. The van der Waals surface area contributed by atoms with Crippen LogP contribution in [-0.4, -0.2) is 20.9 Å². The molecule has 0 saturated heterocycles. The van der Waals surface area contributed by atoms with E-state index in [1.165, 1.54) is 10.2 Å². The normalized spacial score (nSPS) is 31.7. The van der Waals surface area contributed by atoms with Gasteiger partial charge in [0.05, 0.1) is 22.8 Å². The Morgan fingerprint density at radius 1 is 1.20 bits per heavy atom. The van der Waals surface area contributed by atoms with Crippen LogP contribution >= 0.6 is 11.6 Å². The van der Waals surface area contributed by atoms with Gasteiger partial charge in [-0.25, -0.2) is 4.68 Å². The van der Waals surface area contributed by atoms with Crippen molar-refractivity contribution in [3.05, 3.63) is 50.9 Å². The zero-order valence-corrected chi connectivity index (χ0v) is 18.0. The van der Waals surface area contributed by atoms with Gasteiger partial charge in [0.1, 0.15) is 5.02 Å². The van der Waals surface area contributed by atoms with E-state index in [4.69, 9.17) is 11.6 Å². The molecule has 1 heterocycles. The second-order valence-electron chi connectivity index (χ2n) is 9.78. The molecule has 158 valence electrons. The second-order valence-corrected chi connectivity index (χ2v) is 10.2. The summed E-state index contributed by atoms with van der Waals surface area (Å²) >= 11 is 6.50. The first kappa shape index (κ1) is 19.6. The molecule has 2 aromatic rings. The number of nitrogens with zero attached hydrogens (tertiary/aromatic N) is 2. The fraction of sp³-hybridized carbons (Fsp3) is 0.522. The number of benzene rings is 1. The highest BCUT2D eigenvalue weighted by Crippen LogP contribution is 2.63. The third-order valence-electron chi connectivity index (χ3n) is 7.64. The molecule has 2 N–H and O–H groups in total. The van der Waals surface area contributed by atoms with Crippen LogP contribution in [0.25, 0.3) is 0 Å². The molecule has 6 rings (SSSR count). The summed E-state index contributed by atoms with van der Waals surface area (Å²) in [5, 5.41) is 17.8. The number of hydrogen-bond donors (Lipinski definition) is 2. The fourth-order valence-electron chi connectivity index (χ4n) is 6.54. The average molecular weight is 428 g/mol. The summed E-state index contributed by atoms with van der Waals surface area (Å²) in [5.74, 6) is -0.0560. The maximum Gasteiger partial charge on any atom is 0.309 e. The van der Waals surface area contributed by atoms with Crippen LogP contribution in [-0.2, 0) is 10.3 Å². The highest BCUT2D eigenvalue weighted by atomic mass is 35.5. The molecule has 4 fully saturated rings. The minimum absolute atomic E-state index is 0.100. The Hall–Kier alpha value is -2.34. The van der Waals surface area contributed by atoms with E-state index in [2.05, 4.69) is 10.4 Å². The first-order valence-electron chi connectivity index (χ1n) is 10.6. The van der Waals surface area contributed by atoms with Crippen LogP contribution < -0.4 is 10.9 Å². The number of aryl methyl sites for hydroxylation is 2. The number of carboxylic acids is 1. The molecule has 4 bridgehead atoms. The standard InChI is InChI=1S/C23H26ClN3O3/c1-13-3-4-17(5-14(13)2)26-18-11-25-27(20(28)19(18)24)23-9-15-6-16(10-23)8-22(7-15,12-23)21(29)30/h3-5,11,15-16,26H,6-10,12H2,1-2H3,(H,29,30)/t15-,16-,22?,23?/m0/s1. The van der Waals surface area contributed by atoms with E-state index in [-0.39, 0.29) is 10.6 Å². The number of nitrogens with one attached hydrogen (secondary N) is 1. The molecule has 4 aliphatic carbocycles. The Bertz CT molecular complexity index is 1100. The molecule has 0 radical (unpaired) electrons. The molecular formula is C23H26ClN3O3. The third kappa shape index (κ3) is 2.88. The lowest BCUT2D eigenvalue weighted by Crippen LogP contribution is -2.61. The van der Waals surface area contributed by atoms with Gasteiger partial charge in [-0.05, 0) is 87.5 Å². The number of carbonyl (C=O) groups is 1. The van der Waals surface area contributed by atoms with Gasteiger partial charge in [0.15, 0.2) is 0 Å². The average Bonchev–Trinajstić information content (AvgIpc) is 2.67. The van der Waals surface area contributed by atoms with Crippen molar-refractivity contribution in [2.24, 2.45) is 17.3 Å². The van der Waals surface area contributed by atoms with Gasteiger partial charge in [0.2, 0.25) is 0 Å². The number of carboxylic acid groups (broad SMARTS) is 1. The Labute approximate surface area is 180 Å². The van der Waals surface area contributed by atoms with Gasteiger partial charge in [-0.1, -0.05) is 17.7 Å². The van der Waals surface area contributed by atoms with E-state index in [0.717, 1.165) is 43.4 Å². The number of halogens is 1. The summed E-state index contributed by atoms with van der Waals surface area (Å²) in [5.41, 5.74) is 2.04. The number of rotatable bonds is 4. The minimum atomic E-state index is -0.729. The van der Waals surface area contributed by atoms with Crippen molar-refractivity contribution in [3.63, 3.8) is 0 Å². The largest absolute Gasteiger partial charge is 0.481 e. The van der Waals surface area contributed by atoms with Crippen molar-refractivity contribution in [1.29, 1.82) is 0 Å². The van der Waals surface area contributed by atoms with E-state index in [9.17, 15) is 14.7 Å². The zero-order valence-electron chi connectivity index (χ0n) is 17.2. The van der Waals surface area contributed by atoms with Crippen LogP contribution in [0.2, 0.25) is 5.02 Å². The monoisotopic (exact) mass is 427 g/mol. The van der Waals surface area contributed by atoms with Gasteiger partial charge in [0, 0.05) is 5.69 Å². The molecule has 0 amide bonds. The maximum atomic E-state index is 13.3. The van der Waals surface area contributed by atoms with Crippen molar-refractivity contribution in [2.45, 2.75) is 57.9 Å². The van der Waals surface area contributed by atoms with Crippen molar-refractivity contribution in [3.8, 4) is 0 Å². The predicted molar refractivity (Wildman–Crippen MR) is 115 cm³/mol. The zero-order chi connectivity index (χ0) is 21.3. The lowest BCUT2D eigenvalue weighted by molar-refractivity contribution is -0.173. The Morgan fingerprint density at radius 2 is 1.90 bits per heavy atom. The Morgan fingerprint density at radius 3 is 2.53 bits per heavy atom. The van der Waals surface area contributed by atoms with Crippen LogP contribution in [0.1, 0.15) is 49.7 Å². The van der Waals surface area contributed by atoms with Crippen LogP contribution in [0.5, 0.6) is 0 Å². The molecule has 4 aliphatic rings. The van der Waals surface area contributed by atoms with Gasteiger partial charge in [0.25, 0.3) is 5.56 Å². The maximum absolute atomic E-state index is 13.3. The lowest BCUT2D eigenvalue weighted by atomic mass is 9.47. The van der Waals surface area contributed by atoms with Crippen molar-refractivity contribution in [1.82, 2.24) is 9.78 Å². The van der Waals surface area contributed by atoms with Gasteiger partial charge in [-0.3, -0.25) is 9.59 Å². The highest BCUT2D eigenvalue weighted by molar-refractivity contribution is 6.33. The summed E-state index contributed by atoms with van der Waals surface area (Å²) in [4.78, 5) is 25.4. The summed E-state index contributed by atoms with van der Waals surface area (Å²) in [6.45, 7) is 4.08. The molecule has 30 heavy (non-hydrogen) atoms. The Kier molecular flexibility index (Phi) is 4.30. The van der Waals surface area contributed by atoms with Crippen LogP contribution in [0.3, 0.4) is 0 Å². The second kappa shape index (κ2) is 6.58. The fourth-order valence-corrected chi connectivity index (χ4v) is 6.72. The molecule has 1 aromatic carbocycles. The van der Waals surface area contributed by atoms with Crippen LogP contribution in [0.4, 0.5) is 11.4 Å². The van der Waals surface area contributed by atoms with Gasteiger partial charge < -0.3 is 10.4 Å². The van der Waals surface area contributed by atoms with E-state index >= 15 is 0 Å². The molecule has 0 unspecified atom stereocenters. The van der Waals surface area contributed by atoms with Gasteiger partial charge >= 0.3 is 5.97 Å². The van der Waals surface area contributed by atoms with Crippen LogP contribution in [0, 0.1) is 31.1 Å². The summed E-state index contributed by atoms with van der Waals surface area (Å²) in [6.07, 6.45) is 6.19. The molecule has 4 saturated carbocycles. The summed E-state index contributed by atoms with van der Waals surface area (Å²) in [7, 11) is 0.